The number of nitrogens with one attached hydrogen (secondary N) is 1. The van der Waals surface area contributed by atoms with Crippen LogP contribution in [0.2, 0.25) is 5.02 Å². The van der Waals surface area contributed by atoms with Crippen LogP contribution >= 0.6 is 11.6 Å². The van der Waals surface area contributed by atoms with E-state index in [1.807, 2.05) is 6.07 Å². The van der Waals surface area contributed by atoms with Crippen LogP contribution < -0.4 is 15.1 Å². The summed E-state index contributed by atoms with van der Waals surface area (Å²) in [5, 5.41) is 12.0. The normalized spacial score (nSPS) is 18.6. The lowest BCUT2D eigenvalue weighted by molar-refractivity contribution is -0.133. The highest BCUT2D eigenvalue weighted by atomic mass is 35.5. The molecule has 2 aromatic carbocycles. The molecule has 2 fully saturated rings. The quantitative estimate of drug-likeness (QED) is 0.379. The van der Waals surface area contributed by atoms with Gasteiger partial charge in [0.2, 0.25) is 17.7 Å². The Kier molecular flexibility index (Phi) is 8.18. The van der Waals surface area contributed by atoms with E-state index in [-0.39, 0.29) is 46.4 Å². The highest BCUT2D eigenvalue weighted by Gasteiger charge is 2.47. The van der Waals surface area contributed by atoms with Gasteiger partial charge in [0, 0.05) is 60.2 Å². The van der Waals surface area contributed by atoms with Crippen LogP contribution in [0.15, 0.2) is 66.9 Å². The van der Waals surface area contributed by atoms with Crippen LogP contribution in [0.5, 0.6) is 0 Å². The lowest BCUT2D eigenvalue weighted by Crippen LogP contribution is -2.54. The number of amides is 3. The summed E-state index contributed by atoms with van der Waals surface area (Å²) in [6.07, 6.45) is 0.433. The van der Waals surface area contributed by atoms with Gasteiger partial charge < -0.3 is 5.32 Å². The smallest absolute Gasteiger partial charge is 0.252 e. The zero-order valence-corrected chi connectivity index (χ0v) is 22.9. The minimum atomic E-state index is -2.90. The molecular formula is C30H25ClF3N5O3. The molecule has 3 amide bonds. The SMILES string of the molecule is N#Cc1ccnc(N2C(=O)CCC2CC(=O)N(c2cccc(F)c2)C(C(=O)NC2CC(F)(F)C2)c2ccccc2Cl)c1. The number of benzene rings is 2. The maximum absolute atomic E-state index is 14.5. The molecule has 1 aliphatic heterocycles. The zero-order valence-electron chi connectivity index (χ0n) is 22.1. The minimum Gasteiger partial charge on any atom is -0.351 e. The van der Waals surface area contributed by atoms with E-state index in [9.17, 15) is 32.8 Å². The summed E-state index contributed by atoms with van der Waals surface area (Å²) in [5.41, 5.74) is 0.533. The first-order chi connectivity index (χ1) is 20.1. The Labute approximate surface area is 244 Å². The topological polar surface area (TPSA) is 106 Å². The number of alkyl halides is 2. The van der Waals surface area contributed by atoms with E-state index in [0.717, 1.165) is 11.0 Å². The highest BCUT2D eigenvalue weighted by molar-refractivity contribution is 6.31. The molecule has 8 nitrogen and oxygen atoms in total. The molecule has 1 saturated heterocycles. The van der Waals surface area contributed by atoms with Crippen molar-refractivity contribution in [3.8, 4) is 6.07 Å². The molecule has 2 atom stereocenters. The molecule has 216 valence electrons. The second-order valence-electron chi connectivity index (χ2n) is 10.3. The number of hydrogen-bond donors (Lipinski definition) is 1. The third kappa shape index (κ3) is 6.09. The Morgan fingerprint density at radius 2 is 1.93 bits per heavy atom. The first-order valence-corrected chi connectivity index (χ1v) is 13.6. The lowest BCUT2D eigenvalue weighted by atomic mass is 9.87. The Morgan fingerprint density at radius 1 is 1.17 bits per heavy atom. The van der Waals surface area contributed by atoms with Crippen LogP contribution in [-0.2, 0) is 14.4 Å². The van der Waals surface area contributed by atoms with Crippen LogP contribution in [0.4, 0.5) is 24.7 Å². The van der Waals surface area contributed by atoms with Crippen molar-refractivity contribution in [2.45, 2.75) is 56.2 Å². The summed E-state index contributed by atoms with van der Waals surface area (Å²) in [6.45, 7) is 0. The van der Waals surface area contributed by atoms with Crippen LogP contribution in [0, 0.1) is 17.1 Å². The van der Waals surface area contributed by atoms with E-state index >= 15 is 0 Å². The number of hydrogen-bond acceptors (Lipinski definition) is 5. The van der Waals surface area contributed by atoms with Crippen molar-refractivity contribution in [1.82, 2.24) is 10.3 Å². The van der Waals surface area contributed by atoms with Crippen LogP contribution in [0.3, 0.4) is 0 Å². The molecule has 0 spiro atoms. The first-order valence-electron chi connectivity index (χ1n) is 13.2. The van der Waals surface area contributed by atoms with Gasteiger partial charge in [-0.3, -0.25) is 24.2 Å². The van der Waals surface area contributed by atoms with Gasteiger partial charge in [-0.1, -0.05) is 35.9 Å². The molecule has 1 N–H and O–H groups in total. The fraction of sp³-hybridized carbons (Fsp3) is 0.300. The van der Waals surface area contributed by atoms with E-state index in [0.29, 0.717) is 6.42 Å². The van der Waals surface area contributed by atoms with Crippen molar-refractivity contribution in [2.75, 3.05) is 9.80 Å². The van der Waals surface area contributed by atoms with Crippen molar-refractivity contribution in [1.29, 1.82) is 5.26 Å². The fourth-order valence-corrected chi connectivity index (χ4v) is 5.61. The van der Waals surface area contributed by atoms with Gasteiger partial charge in [0.1, 0.15) is 17.7 Å². The largest absolute Gasteiger partial charge is 0.351 e. The number of carbonyl (C=O) groups is 3. The predicted molar refractivity (Wildman–Crippen MR) is 148 cm³/mol. The number of aromatic nitrogens is 1. The van der Waals surface area contributed by atoms with Crippen molar-refractivity contribution in [2.24, 2.45) is 0 Å². The average Bonchev–Trinajstić information content (AvgIpc) is 3.30. The van der Waals surface area contributed by atoms with Gasteiger partial charge in [-0.25, -0.2) is 18.2 Å². The van der Waals surface area contributed by atoms with Crippen LogP contribution in [0.1, 0.15) is 49.3 Å². The van der Waals surface area contributed by atoms with Crippen LogP contribution in [0.25, 0.3) is 0 Å². The molecule has 0 radical (unpaired) electrons. The molecule has 5 rings (SSSR count). The summed E-state index contributed by atoms with van der Waals surface area (Å²) in [7, 11) is 0. The molecule has 2 aliphatic rings. The monoisotopic (exact) mass is 595 g/mol. The number of pyridine rings is 1. The first kappa shape index (κ1) is 29.1. The summed E-state index contributed by atoms with van der Waals surface area (Å²) in [6, 6.07) is 13.4. The number of anilines is 2. The van der Waals surface area contributed by atoms with Crippen molar-refractivity contribution < 1.29 is 27.6 Å². The van der Waals surface area contributed by atoms with Crippen molar-refractivity contribution in [3.63, 3.8) is 0 Å². The van der Waals surface area contributed by atoms with Gasteiger partial charge in [-0.2, -0.15) is 5.26 Å². The summed E-state index contributed by atoms with van der Waals surface area (Å²) in [4.78, 5) is 47.4. The Hall–Kier alpha value is -4.43. The Morgan fingerprint density at radius 3 is 2.62 bits per heavy atom. The minimum absolute atomic E-state index is 0.0412. The Bertz CT molecular complexity index is 1570. The van der Waals surface area contributed by atoms with E-state index in [4.69, 9.17) is 11.6 Å². The molecule has 1 aromatic heterocycles. The fourth-order valence-electron chi connectivity index (χ4n) is 5.37. The van der Waals surface area contributed by atoms with E-state index in [1.165, 1.54) is 53.6 Å². The van der Waals surface area contributed by atoms with E-state index in [2.05, 4.69) is 10.3 Å². The van der Waals surface area contributed by atoms with Gasteiger partial charge in [-0.05, 0) is 42.8 Å². The Balaban J connectivity index is 1.53. The second kappa shape index (κ2) is 11.8. The molecule has 3 aromatic rings. The molecule has 1 saturated carbocycles. The number of nitrogens with zero attached hydrogens (tertiary/aromatic N) is 4. The van der Waals surface area contributed by atoms with Crippen LogP contribution in [-0.4, -0.2) is 40.7 Å². The summed E-state index contributed by atoms with van der Waals surface area (Å²) < 4.78 is 41.6. The van der Waals surface area contributed by atoms with E-state index in [1.54, 1.807) is 12.1 Å². The van der Waals surface area contributed by atoms with Gasteiger partial charge >= 0.3 is 0 Å². The van der Waals surface area contributed by atoms with Crippen molar-refractivity contribution in [3.05, 3.63) is 88.8 Å². The third-order valence-corrected chi connectivity index (χ3v) is 7.70. The molecule has 2 heterocycles. The number of halogens is 4. The summed E-state index contributed by atoms with van der Waals surface area (Å²) >= 11 is 6.48. The number of carbonyl (C=O) groups excluding carboxylic acids is 3. The maximum Gasteiger partial charge on any atom is 0.252 e. The number of rotatable bonds is 8. The standard InChI is InChI=1S/C30H25ClF3N5O3/c31-24-7-2-1-6-23(24)28(29(42)37-20-15-30(33,34)16-20)39(21-5-3-4-19(32)13-21)27(41)14-22-8-9-26(40)38(22)25-12-18(17-35)10-11-36-25/h1-7,10-13,20,22,28H,8-9,14-16H2,(H,37,42). The highest BCUT2D eigenvalue weighted by Crippen LogP contribution is 2.39. The molecule has 2 unspecified atom stereocenters. The van der Waals surface area contributed by atoms with Crippen molar-refractivity contribution >= 4 is 40.8 Å². The zero-order chi connectivity index (χ0) is 30.0. The average molecular weight is 596 g/mol. The molecule has 12 heteroatoms. The lowest BCUT2D eigenvalue weighted by Gasteiger charge is -2.38. The second-order valence-corrected chi connectivity index (χ2v) is 10.7. The van der Waals surface area contributed by atoms with E-state index < -0.39 is 54.5 Å². The predicted octanol–water partition coefficient (Wildman–Crippen LogP) is 5.32. The summed E-state index contributed by atoms with van der Waals surface area (Å²) in [5.74, 6) is -5.05. The number of nitriles is 1. The molecular weight excluding hydrogens is 571 g/mol. The van der Waals surface area contributed by atoms with Gasteiger partial charge in [0.05, 0.1) is 11.6 Å². The molecule has 42 heavy (non-hydrogen) atoms. The third-order valence-electron chi connectivity index (χ3n) is 7.35. The molecule has 1 aliphatic carbocycles. The van der Waals surface area contributed by atoms with Gasteiger partial charge in [0.25, 0.3) is 5.92 Å². The van der Waals surface area contributed by atoms with Gasteiger partial charge in [-0.15, -0.1) is 0 Å². The van der Waals surface area contributed by atoms with Gasteiger partial charge in [0.15, 0.2) is 0 Å². The molecule has 0 bridgehead atoms. The maximum atomic E-state index is 14.5.